The van der Waals surface area contributed by atoms with E-state index in [9.17, 15) is 29.7 Å². The molecule has 2 heterocycles. The minimum atomic E-state index is -1.20. The monoisotopic (exact) mass is 508 g/mol. The van der Waals surface area contributed by atoms with Crippen molar-refractivity contribution in [2.24, 2.45) is 5.92 Å². The quantitative estimate of drug-likeness (QED) is 0.188. The zero-order valence-electron chi connectivity index (χ0n) is 20.6. The van der Waals surface area contributed by atoms with Crippen molar-refractivity contribution < 1.29 is 49.0 Å². The van der Waals surface area contributed by atoms with Crippen LogP contribution in [0, 0.1) is 5.92 Å². The zero-order chi connectivity index (χ0) is 27.6. The van der Waals surface area contributed by atoms with Crippen LogP contribution in [0.1, 0.15) is 32.1 Å². The third-order valence-electron chi connectivity index (χ3n) is 5.92. The Hall–Kier alpha value is -3.05. The molecule has 0 aromatic rings. The maximum absolute atomic E-state index is 11.6. The third-order valence-corrected chi connectivity index (χ3v) is 5.92. The number of carbonyl (C=O) groups is 3. The standard InChI is InChI=1S/C15H20O5.C6H10O3.C5H6O2/c1-7-4-5-10(16)8(2)6-11-12(14(18)13(7)17)9(3)15(19)20-11;1-5(3-4-7)6(8)9-2;1-4-2-3-7-5(4)6/h10-14,16-18H,1-6H2;7H,1,3-4H2,2H3;1-3H2/t10-,11?,12?,13+,14-;;/m0../s1. The largest absolute Gasteiger partial charge is 0.466 e. The first-order valence-corrected chi connectivity index (χ1v) is 11.4. The molecule has 5 atom stereocenters. The fourth-order valence-corrected chi connectivity index (χ4v) is 3.60. The van der Waals surface area contributed by atoms with Gasteiger partial charge in [-0.1, -0.05) is 32.9 Å². The van der Waals surface area contributed by atoms with Crippen LogP contribution in [0.5, 0.6) is 0 Å². The molecule has 10 heteroatoms. The van der Waals surface area contributed by atoms with Crippen molar-refractivity contribution in [1.29, 1.82) is 0 Å². The Morgan fingerprint density at radius 3 is 2.17 bits per heavy atom. The molecule has 2 aliphatic heterocycles. The fourth-order valence-electron chi connectivity index (χ4n) is 3.60. The second kappa shape index (κ2) is 14.5. The molecule has 200 valence electrons. The average Bonchev–Trinajstić information content (AvgIpc) is 3.35. The molecule has 3 fully saturated rings. The molecular formula is C26H36O10. The summed E-state index contributed by atoms with van der Waals surface area (Å²) >= 11 is 0. The molecule has 0 amide bonds. The van der Waals surface area contributed by atoms with Gasteiger partial charge in [-0.05, 0) is 24.0 Å². The van der Waals surface area contributed by atoms with E-state index in [-0.39, 0.29) is 31.0 Å². The molecule has 1 saturated carbocycles. The van der Waals surface area contributed by atoms with Crippen molar-refractivity contribution in [3.8, 4) is 0 Å². The van der Waals surface area contributed by atoms with Gasteiger partial charge in [-0.15, -0.1) is 0 Å². The van der Waals surface area contributed by atoms with Crippen LogP contribution in [0.3, 0.4) is 0 Å². The number of carbonyl (C=O) groups excluding carboxylic acids is 3. The number of ether oxygens (including phenoxy) is 3. The number of rotatable bonds is 3. The summed E-state index contributed by atoms with van der Waals surface area (Å²) in [5, 5.41) is 38.7. The first-order chi connectivity index (χ1) is 16.8. The molecule has 1 aliphatic carbocycles. The van der Waals surface area contributed by atoms with Crippen LogP contribution >= 0.6 is 0 Å². The molecule has 2 unspecified atom stereocenters. The highest BCUT2D eigenvalue weighted by Crippen LogP contribution is 2.37. The normalized spacial score (nSPS) is 28.0. The zero-order valence-corrected chi connectivity index (χ0v) is 20.6. The van der Waals surface area contributed by atoms with Gasteiger partial charge in [0.05, 0.1) is 31.8 Å². The molecule has 4 N–H and O–H groups in total. The summed E-state index contributed by atoms with van der Waals surface area (Å²) in [5.41, 5.74) is 1.99. The van der Waals surface area contributed by atoms with Gasteiger partial charge < -0.3 is 34.6 Å². The second-order valence-electron chi connectivity index (χ2n) is 8.56. The lowest BCUT2D eigenvalue weighted by atomic mass is 9.81. The molecule has 0 spiro atoms. The SMILES string of the molecule is C=C(CCO)C(=O)OC.C=C1C(=O)OC2CC(=C)[C@@H](O)CCC(=C)[C@@H](O)[C@@H](O)C12.C=C1CCOC1=O. The van der Waals surface area contributed by atoms with E-state index >= 15 is 0 Å². The molecule has 3 aliphatic rings. The highest BCUT2D eigenvalue weighted by atomic mass is 16.6. The molecule has 0 aromatic heterocycles. The summed E-state index contributed by atoms with van der Waals surface area (Å²) in [4.78, 5) is 32.4. The lowest BCUT2D eigenvalue weighted by molar-refractivity contribution is -0.140. The Morgan fingerprint density at radius 1 is 1.06 bits per heavy atom. The molecule has 2 saturated heterocycles. The van der Waals surface area contributed by atoms with Gasteiger partial charge in [0, 0.05) is 42.6 Å². The van der Waals surface area contributed by atoms with E-state index in [2.05, 4.69) is 42.4 Å². The number of fused-ring (bicyclic) bond motifs is 1. The Balaban J connectivity index is 0.000000333. The molecule has 0 aromatic carbocycles. The predicted molar refractivity (Wildman–Crippen MR) is 130 cm³/mol. The van der Waals surface area contributed by atoms with E-state index in [1.807, 2.05) is 0 Å². The first-order valence-electron chi connectivity index (χ1n) is 11.4. The number of methoxy groups -OCH3 is 1. The van der Waals surface area contributed by atoms with Crippen molar-refractivity contribution in [2.75, 3.05) is 20.3 Å². The van der Waals surface area contributed by atoms with Crippen molar-refractivity contribution in [3.63, 3.8) is 0 Å². The van der Waals surface area contributed by atoms with Crippen LogP contribution in [0.15, 0.2) is 60.8 Å². The molecule has 0 radical (unpaired) electrons. The maximum Gasteiger partial charge on any atom is 0.334 e. The van der Waals surface area contributed by atoms with E-state index in [1.54, 1.807) is 0 Å². The topological polar surface area (TPSA) is 160 Å². The van der Waals surface area contributed by atoms with Crippen molar-refractivity contribution in [3.05, 3.63) is 60.8 Å². The van der Waals surface area contributed by atoms with Crippen molar-refractivity contribution >= 4 is 17.9 Å². The number of aliphatic hydroxyl groups excluding tert-OH is 4. The molecule has 0 bridgehead atoms. The number of hydrogen-bond acceptors (Lipinski definition) is 10. The van der Waals surface area contributed by atoms with Gasteiger partial charge in [-0.2, -0.15) is 0 Å². The van der Waals surface area contributed by atoms with Gasteiger partial charge in [0.1, 0.15) is 12.2 Å². The minimum Gasteiger partial charge on any atom is -0.466 e. The van der Waals surface area contributed by atoms with Gasteiger partial charge in [0.15, 0.2) is 0 Å². The highest BCUT2D eigenvalue weighted by Gasteiger charge is 2.46. The number of aliphatic hydroxyl groups is 4. The third kappa shape index (κ3) is 8.56. The van der Waals surface area contributed by atoms with Gasteiger partial charge in [0.2, 0.25) is 0 Å². The summed E-state index contributed by atoms with van der Waals surface area (Å²) in [6.07, 6.45) is -1.81. The maximum atomic E-state index is 11.6. The number of cyclic esters (lactones) is 1. The van der Waals surface area contributed by atoms with E-state index in [4.69, 9.17) is 9.84 Å². The summed E-state index contributed by atoms with van der Waals surface area (Å²) < 4.78 is 14.0. The van der Waals surface area contributed by atoms with Crippen LogP contribution in [-0.2, 0) is 28.6 Å². The van der Waals surface area contributed by atoms with Crippen LogP contribution in [0.4, 0.5) is 0 Å². The lowest BCUT2D eigenvalue weighted by Gasteiger charge is -2.30. The Labute approximate surface area is 210 Å². The van der Waals surface area contributed by atoms with Gasteiger partial charge in [0.25, 0.3) is 0 Å². The van der Waals surface area contributed by atoms with E-state index in [0.717, 1.165) is 0 Å². The van der Waals surface area contributed by atoms with E-state index < -0.39 is 42.3 Å². The van der Waals surface area contributed by atoms with Gasteiger partial charge in [-0.25, -0.2) is 14.4 Å². The molecule has 3 rings (SSSR count). The van der Waals surface area contributed by atoms with E-state index in [0.29, 0.717) is 48.2 Å². The van der Waals surface area contributed by atoms with E-state index in [1.165, 1.54) is 7.11 Å². The van der Waals surface area contributed by atoms with Crippen LogP contribution < -0.4 is 0 Å². The molecule has 36 heavy (non-hydrogen) atoms. The predicted octanol–water partition coefficient (Wildman–Crippen LogP) is 1.05. The molecule has 10 nitrogen and oxygen atoms in total. The smallest absolute Gasteiger partial charge is 0.334 e. The summed E-state index contributed by atoms with van der Waals surface area (Å²) in [5.74, 6) is -1.99. The van der Waals surface area contributed by atoms with Gasteiger partial charge >= 0.3 is 17.9 Å². The first kappa shape index (κ1) is 31.0. The van der Waals surface area contributed by atoms with Crippen LogP contribution in [0.2, 0.25) is 0 Å². The molecular weight excluding hydrogens is 472 g/mol. The minimum absolute atomic E-state index is 0.0616. The lowest BCUT2D eigenvalue weighted by Crippen LogP contribution is -2.40. The van der Waals surface area contributed by atoms with Crippen molar-refractivity contribution in [2.45, 2.75) is 56.5 Å². The summed E-state index contributed by atoms with van der Waals surface area (Å²) in [7, 11) is 1.28. The highest BCUT2D eigenvalue weighted by molar-refractivity contribution is 5.91. The Kier molecular flexibility index (Phi) is 12.5. The van der Waals surface area contributed by atoms with Crippen LogP contribution in [0.25, 0.3) is 0 Å². The van der Waals surface area contributed by atoms with Gasteiger partial charge in [-0.3, -0.25) is 0 Å². The van der Waals surface area contributed by atoms with Crippen LogP contribution in [-0.4, -0.2) is 83.1 Å². The Bertz CT molecular complexity index is 888. The fraction of sp³-hybridized carbons (Fsp3) is 0.500. The second-order valence-corrected chi connectivity index (χ2v) is 8.56. The number of hydrogen-bond donors (Lipinski definition) is 4. The Morgan fingerprint density at radius 2 is 1.69 bits per heavy atom. The van der Waals surface area contributed by atoms with Crippen molar-refractivity contribution in [1.82, 2.24) is 0 Å². The summed E-state index contributed by atoms with van der Waals surface area (Å²) in [6.45, 7) is 18.5. The average molecular weight is 509 g/mol. The number of esters is 3. The summed E-state index contributed by atoms with van der Waals surface area (Å²) in [6, 6.07) is 0.